The lowest BCUT2D eigenvalue weighted by Gasteiger charge is -2.26. The van der Waals surface area contributed by atoms with Crippen molar-refractivity contribution in [2.45, 2.75) is 162 Å². The van der Waals surface area contributed by atoms with Crippen LogP contribution in [0, 0.1) is 0 Å². The molecule has 4 nitrogen and oxygen atoms in total. The molecule has 0 fully saturated rings. The van der Waals surface area contributed by atoms with Gasteiger partial charge in [0.1, 0.15) is 11.5 Å². The van der Waals surface area contributed by atoms with Crippen molar-refractivity contribution in [3.05, 3.63) is 59.7 Å². The van der Waals surface area contributed by atoms with E-state index in [1.54, 1.807) is 0 Å². The van der Waals surface area contributed by atoms with E-state index in [1.165, 1.54) is 89.9 Å². The highest BCUT2D eigenvalue weighted by Gasteiger charge is 2.23. The number of carbonyl (C=O) groups excluding carboxylic acids is 2. The molecule has 0 aliphatic heterocycles. The minimum Gasteiger partial charge on any atom is -0.427 e. The first-order valence-electron chi connectivity index (χ1n) is 17.5. The zero-order valence-corrected chi connectivity index (χ0v) is 27.9. The van der Waals surface area contributed by atoms with Crippen molar-refractivity contribution >= 4 is 11.9 Å². The standard InChI is InChI=1S/C39H60O4/c1-5-7-9-11-13-15-17-19-21-23-37(40)42-35-29-25-33(26-30-35)39(3,4)34-27-31-36(32-28-34)43-38(41)24-22-20-18-16-14-12-10-8-6-2/h25-32H,5-24H2,1-4H3. The Balaban J connectivity index is 1.69. The van der Waals surface area contributed by atoms with Crippen LogP contribution in [-0.4, -0.2) is 11.9 Å². The number of carbonyl (C=O) groups is 2. The van der Waals surface area contributed by atoms with Gasteiger partial charge in [-0.15, -0.1) is 0 Å². The van der Waals surface area contributed by atoms with Crippen LogP contribution in [0.1, 0.15) is 167 Å². The smallest absolute Gasteiger partial charge is 0.311 e. The third kappa shape index (κ3) is 15.6. The van der Waals surface area contributed by atoms with Crippen molar-refractivity contribution in [2.75, 3.05) is 0 Å². The topological polar surface area (TPSA) is 52.6 Å². The molecule has 0 heterocycles. The highest BCUT2D eigenvalue weighted by Crippen LogP contribution is 2.33. The lowest BCUT2D eigenvalue weighted by Crippen LogP contribution is -2.19. The van der Waals surface area contributed by atoms with Gasteiger partial charge in [-0.05, 0) is 48.2 Å². The van der Waals surface area contributed by atoms with Crippen LogP contribution in [0.15, 0.2) is 48.5 Å². The summed E-state index contributed by atoms with van der Waals surface area (Å²) in [5, 5.41) is 0. The van der Waals surface area contributed by atoms with Gasteiger partial charge in [-0.25, -0.2) is 0 Å². The fraction of sp³-hybridized carbons (Fsp3) is 0.641. The maximum Gasteiger partial charge on any atom is 0.311 e. The number of hydrogen-bond acceptors (Lipinski definition) is 4. The summed E-state index contributed by atoms with van der Waals surface area (Å²) < 4.78 is 11.2. The van der Waals surface area contributed by atoms with E-state index in [-0.39, 0.29) is 17.4 Å². The first-order valence-corrected chi connectivity index (χ1v) is 17.5. The van der Waals surface area contributed by atoms with Crippen LogP contribution in [0.5, 0.6) is 11.5 Å². The molecule has 2 rings (SSSR count). The molecular weight excluding hydrogens is 532 g/mol. The number of benzene rings is 2. The molecule has 43 heavy (non-hydrogen) atoms. The summed E-state index contributed by atoms with van der Waals surface area (Å²) in [5.74, 6) is 0.875. The number of esters is 2. The minimum atomic E-state index is -0.252. The molecule has 0 saturated carbocycles. The second kappa shape index (κ2) is 22.0. The van der Waals surface area contributed by atoms with Gasteiger partial charge in [0.15, 0.2) is 0 Å². The largest absolute Gasteiger partial charge is 0.427 e. The van der Waals surface area contributed by atoms with Gasteiger partial charge < -0.3 is 9.47 Å². The third-order valence-corrected chi connectivity index (χ3v) is 8.58. The van der Waals surface area contributed by atoms with Gasteiger partial charge in [-0.1, -0.05) is 155 Å². The predicted octanol–water partition coefficient (Wildman–Crippen LogP) is 11.7. The van der Waals surface area contributed by atoms with E-state index in [4.69, 9.17) is 9.47 Å². The third-order valence-electron chi connectivity index (χ3n) is 8.58. The van der Waals surface area contributed by atoms with Crippen LogP contribution in [0.3, 0.4) is 0 Å². The second-order valence-electron chi connectivity index (χ2n) is 12.8. The quantitative estimate of drug-likeness (QED) is 0.0691. The zero-order valence-electron chi connectivity index (χ0n) is 27.9. The molecule has 240 valence electrons. The van der Waals surface area contributed by atoms with E-state index in [9.17, 15) is 9.59 Å². The number of unbranched alkanes of at least 4 members (excludes halogenated alkanes) is 16. The molecule has 0 N–H and O–H groups in total. The summed E-state index contributed by atoms with van der Waals surface area (Å²) in [4.78, 5) is 24.6. The summed E-state index contributed by atoms with van der Waals surface area (Å²) in [6.45, 7) is 8.83. The van der Waals surface area contributed by atoms with E-state index >= 15 is 0 Å². The molecule has 2 aromatic carbocycles. The normalized spacial score (nSPS) is 11.4. The molecule has 0 aliphatic carbocycles. The molecular formula is C39H60O4. The average Bonchev–Trinajstić information content (AvgIpc) is 3.00. The molecule has 0 atom stereocenters. The molecule has 0 spiro atoms. The van der Waals surface area contributed by atoms with Crippen molar-refractivity contribution < 1.29 is 19.1 Å². The Kier molecular flexibility index (Phi) is 18.7. The van der Waals surface area contributed by atoms with Crippen LogP contribution in [0.4, 0.5) is 0 Å². The van der Waals surface area contributed by atoms with Crippen LogP contribution >= 0.6 is 0 Å². The monoisotopic (exact) mass is 592 g/mol. The van der Waals surface area contributed by atoms with Crippen LogP contribution in [0.2, 0.25) is 0 Å². The number of hydrogen-bond donors (Lipinski definition) is 0. The molecule has 0 aromatic heterocycles. The first-order chi connectivity index (χ1) is 20.9. The molecule has 0 amide bonds. The van der Waals surface area contributed by atoms with Crippen molar-refractivity contribution in [2.24, 2.45) is 0 Å². The maximum atomic E-state index is 12.3. The van der Waals surface area contributed by atoms with E-state index in [2.05, 4.69) is 27.7 Å². The Morgan fingerprint density at radius 1 is 0.465 bits per heavy atom. The van der Waals surface area contributed by atoms with Gasteiger partial charge >= 0.3 is 11.9 Å². The summed E-state index contributed by atoms with van der Waals surface area (Å²) in [6.07, 6.45) is 23.1. The summed E-state index contributed by atoms with van der Waals surface area (Å²) >= 11 is 0. The van der Waals surface area contributed by atoms with E-state index in [0.29, 0.717) is 24.3 Å². The van der Waals surface area contributed by atoms with Gasteiger partial charge in [0, 0.05) is 18.3 Å². The summed E-state index contributed by atoms with van der Waals surface area (Å²) in [5.41, 5.74) is 2.00. The Hall–Kier alpha value is -2.62. The SMILES string of the molecule is CCCCCCCCCCCC(=O)Oc1ccc(C(C)(C)c2ccc(OC(=O)CCCCCCCCCCC)cc2)cc1. The fourth-order valence-corrected chi connectivity index (χ4v) is 5.57. The molecule has 0 unspecified atom stereocenters. The molecule has 4 heteroatoms. The lowest BCUT2D eigenvalue weighted by molar-refractivity contribution is -0.135. The van der Waals surface area contributed by atoms with E-state index in [0.717, 1.165) is 36.8 Å². The van der Waals surface area contributed by atoms with Gasteiger partial charge in [-0.2, -0.15) is 0 Å². The average molecular weight is 593 g/mol. The van der Waals surface area contributed by atoms with E-state index < -0.39 is 0 Å². The highest BCUT2D eigenvalue weighted by atomic mass is 16.5. The Bertz CT molecular complexity index is 925. The number of ether oxygens (including phenoxy) is 2. The summed E-state index contributed by atoms with van der Waals surface area (Å²) in [7, 11) is 0. The molecule has 0 saturated heterocycles. The van der Waals surface area contributed by atoms with Crippen molar-refractivity contribution in [1.29, 1.82) is 0 Å². The van der Waals surface area contributed by atoms with Crippen LogP contribution < -0.4 is 9.47 Å². The minimum absolute atomic E-state index is 0.155. The van der Waals surface area contributed by atoms with Gasteiger partial charge in [0.25, 0.3) is 0 Å². The molecule has 0 radical (unpaired) electrons. The first kappa shape index (κ1) is 36.6. The number of rotatable bonds is 24. The molecule has 0 aliphatic rings. The van der Waals surface area contributed by atoms with Crippen LogP contribution in [0.25, 0.3) is 0 Å². The second-order valence-corrected chi connectivity index (χ2v) is 12.8. The van der Waals surface area contributed by atoms with Gasteiger partial charge in [0.05, 0.1) is 0 Å². The van der Waals surface area contributed by atoms with E-state index in [1.807, 2.05) is 48.5 Å². The Morgan fingerprint density at radius 3 is 1.05 bits per heavy atom. The van der Waals surface area contributed by atoms with Gasteiger partial charge in [0.2, 0.25) is 0 Å². The predicted molar refractivity (Wildman–Crippen MR) is 180 cm³/mol. The van der Waals surface area contributed by atoms with Crippen molar-refractivity contribution in [3.8, 4) is 11.5 Å². The Labute approximate surface area is 263 Å². The highest BCUT2D eigenvalue weighted by molar-refractivity contribution is 5.72. The fourth-order valence-electron chi connectivity index (χ4n) is 5.57. The van der Waals surface area contributed by atoms with Gasteiger partial charge in [-0.3, -0.25) is 9.59 Å². The maximum absolute atomic E-state index is 12.3. The Morgan fingerprint density at radius 2 is 0.744 bits per heavy atom. The zero-order chi connectivity index (χ0) is 31.2. The lowest BCUT2D eigenvalue weighted by atomic mass is 9.78. The van der Waals surface area contributed by atoms with Crippen molar-refractivity contribution in [3.63, 3.8) is 0 Å². The van der Waals surface area contributed by atoms with Crippen molar-refractivity contribution in [1.82, 2.24) is 0 Å². The molecule has 2 aromatic rings. The molecule has 0 bridgehead atoms. The summed E-state index contributed by atoms with van der Waals surface area (Å²) in [6, 6.07) is 15.6. The van der Waals surface area contributed by atoms with Crippen LogP contribution in [-0.2, 0) is 15.0 Å².